The third-order valence-electron chi connectivity index (χ3n) is 3.19. The lowest BCUT2D eigenvalue weighted by atomic mass is 10.1. The Hall–Kier alpha value is -2.82. The molecule has 3 rings (SSSR count). The van der Waals surface area contributed by atoms with Gasteiger partial charge in [-0.3, -0.25) is 0 Å². The number of phenols is 1. The van der Waals surface area contributed by atoms with Gasteiger partial charge in [-0.25, -0.2) is 9.18 Å². The first-order chi connectivity index (χ1) is 10.1. The van der Waals surface area contributed by atoms with Crippen LogP contribution in [0.2, 0.25) is 0 Å². The smallest absolute Gasteiger partial charge is 0.344 e. The first-order valence-corrected chi connectivity index (χ1v) is 6.19. The van der Waals surface area contributed by atoms with Gasteiger partial charge in [-0.05, 0) is 29.8 Å². The van der Waals surface area contributed by atoms with Crippen molar-refractivity contribution in [1.29, 1.82) is 0 Å². The molecular weight excluding hydrogens is 275 g/mol. The van der Waals surface area contributed by atoms with Crippen molar-refractivity contribution in [2.24, 2.45) is 0 Å². The van der Waals surface area contributed by atoms with E-state index in [2.05, 4.69) is 0 Å². The van der Waals surface area contributed by atoms with Crippen molar-refractivity contribution < 1.29 is 18.7 Å². The van der Waals surface area contributed by atoms with E-state index in [1.54, 1.807) is 12.1 Å². The molecule has 0 saturated heterocycles. The predicted octanol–water partition coefficient (Wildman–Crippen LogP) is 3.31. The zero-order chi connectivity index (χ0) is 15.0. The molecule has 0 aliphatic carbocycles. The summed E-state index contributed by atoms with van der Waals surface area (Å²) >= 11 is 0. The van der Waals surface area contributed by atoms with Gasteiger partial charge in [0, 0.05) is 11.5 Å². The minimum atomic E-state index is -0.557. The Kier molecular flexibility index (Phi) is 3.10. The van der Waals surface area contributed by atoms with E-state index in [1.807, 2.05) is 0 Å². The monoisotopic (exact) mass is 286 g/mol. The summed E-state index contributed by atoms with van der Waals surface area (Å²) in [6, 6.07) is 10.1. The fraction of sp³-hybridized carbons (Fsp3) is 0.0625. The van der Waals surface area contributed by atoms with E-state index in [9.17, 15) is 14.3 Å². The number of phenolic OH excluding ortho intramolecular Hbond substituents is 1. The molecule has 21 heavy (non-hydrogen) atoms. The zero-order valence-electron chi connectivity index (χ0n) is 11.1. The highest BCUT2D eigenvalue weighted by molar-refractivity contribution is 5.84. The van der Waals surface area contributed by atoms with Crippen LogP contribution in [0.5, 0.6) is 11.5 Å². The number of ether oxygens (including phenoxy) is 1. The van der Waals surface area contributed by atoms with Gasteiger partial charge in [-0.2, -0.15) is 0 Å². The van der Waals surface area contributed by atoms with Gasteiger partial charge < -0.3 is 14.3 Å². The molecular formula is C16H11FO4. The lowest BCUT2D eigenvalue weighted by Gasteiger charge is -2.06. The number of methoxy groups -OCH3 is 1. The predicted molar refractivity (Wildman–Crippen MR) is 76.1 cm³/mol. The van der Waals surface area contributed by atoms with E-state index in [0.717, 1.165) is 0 Å². The summed E-state index contributed by atoms with van der Waals surface area (Å²) in [5.74, 6) is -0.209. The van der Waals surface area contributed by atoms with Crippen molar-refractivity contribution in [3.8, 4) is 22.6 Å². The molecule has 1 N–H and O–H groups in total. The summed E-state index contributed by atoms with van der Waals surface area (Å²) in [6.45, 7) is 0. The third kappa shape index (κ3) is 2.33. The molecule has 106 valence electrons. The highest BCUT2D eigenvalue weighted by Gasteiger charge is 2.11. The van der Waals surface area contributed by atoms with E-state index in [0.29, 0.717) is 16.5 Å². The fourth-order valence-corrected chi connectivity index (χ4v) is 2.13. The highest BCUT2D eigenvalue weighted by atomic mass is 19.1. The van der Waals surface area contributed by atoms with Crippen molar-refractivity contribution in [3.63, 3.8) is 0 Å². The molecule has 0 unspecified atom stereocenters. The molecule has 0 atom stereocenters. The van der Waals surface area contributed by atoms with Crippen molar-refractivity contribution in [2.75, 3.05) is 7.11 Å². The summed E-state index contributed by atoms with van der Waals surface area (Å²) < 4.78 is 23.2. The molecule has 1 aromatic heterocycles. The van der Waals surface area contributed by atoms with E-state index in [1.165, 1.54) is 37.4 Å². The molecule has 0 amide bonds. The average molecular weight is 286 g/mol. The third-order valence-corrected chi connectivity index (χ3v) is 3.19. The van der Waals surface area contributed by atoms with Crippen LogP contribution < -0.4 is 10.4 Å². The topological polar surface area (TPSA) is 59.7 Å². The summed E-state index contributed by atoms with van der Waals surface area (Å²) in [7, 11) is 1.43. The number of aromatic hydroxyl groups is 1. The van der Waals surface area contributed by atoms with Crippen LogP contribution in [0.4, 0.5) is 4.39 Å². The Morgan fingerprint density at radius 1 is 1.14 bits per heavy atom. The number of benzene rings is 2. The van der Waals surface area contributed by atoms with Gasteiger partial charge in [0.1, 0.15) is 11.4 Å². The SMILES string of the molecule is COc1cc2cc(-c3ccc(F)cc3)c(=O)oc2cc1O. The molecule has 0 bridgehead atoms. The first kappa shape index (κ1) is 13.2. The van der Waals surface area contributed by atoms with Crippen molar-refractivity contribution >= 4 is 11.0 Å². The van der Waals surface area contributed by atoms with E-state index in [-0.39, 0.29) is 22.9 Å². The Morgan fingerprint density at radius 2 is 1.86 bits per heavy atom. The quantitative estimate of drug-likeness (QED) is 0.734. The van der Waals surface area contributed by atoms with Gasteiger partial charge in [0.15, 0.2) is 11.5 Å². The van der Waals surface area contributed by atoms with Crippen LogP contribution in [-0.4, -0.2) is 12.2 Å². The lowest BCUT2D eigenvalue weighted by Crippen LogP contribution is -2.02. The van der Waals surface area contributed by atoms with Crippen LogP contribution in [0.15, 0.2) is 51.7 Å². The summed E-state index contributed by atoms with van der Waals surface area (Å²) in [6.07, 6.45) is 0. The van der Waals surface area contributed by atoms with Crippen molar-refractivity contribution in [1.82, 2.24) is 0 Å². The number of fused-ring (bicyclic) bond motifs is 1. The molecule has 0 radical (unpaired) electrons. The molecule has 0 spiro atoms. The first-order valence-electron chi connectivity index (χ1n) is 6.19. The molecule has 5 heteroatoms. The Labute approximate surface area is 119 Å². The number of hydrogen-bond donors (Lipinski definition) is 1. The second-order valence-electron chi connectivity index (χ2n) is 4.52. The standard InChI is InChI=1S/C16H11FO4/c1-20-15-7-10-6-12(9-2-4-11(17)5-3-9)16(19)21-14(10)8-13(15)18/h2-8,18H,1H3. The summed E-state index contributed by atoms with van der Waals surface area (Å²) in [4.78, 5) is 12.0. The minimum absolute atomic E-state index is 0.109. The van der Waals surface area contributed by atoms with Crippen LogP contribution in [-0.2, 0) is 0 Å². The molecule has 0 fully saturated rings. The second-order valence-corrected chi connectivity index (χ2v) is 4.52. The summed E-state index contributed by atoms with van der Waals surface area (Å²) in [5.41, 5.74) is 0.567. The molecule has 0 aliphatic heterocycles. The highest BCUT2D eigenvalue weighted by Crippen LogP contribution is 2.32. The van der Waals surface area contributed by atoms with Crippen molar-refractivity contribution in [3.05, 3.63) is 58.7 Å². The van der Waals surface area contributed by atoms with Gasteiger partial charge in [-0.1, -0.05) is 12.1 Å². The molecule has 0 saturated carbocycles. The van der Waals surface area contributed by atoms with Crippen LogP contribution in [0, 0.1) is 5.82 Å². The average Bonchev–Trinajstić information content (AvgIpc) is 2.47. The maximum atomic E-state index is 13.0. The van der Waals surface area contributed by atoms with Gasteiger partial charge in [0.05, 0.1) is 12.7 Å². The largest absolute Gasteiger partial charge is 0.504 e. The van der Waals surface area contributed by atoms with Crippen LogP contribution >= 0.6 is 0 Å². The number of hydrogen-bond acceptors (Lipinski definition) is 4. The second kappa shape index (κ2) is 4.94. The summed E-state index contributed by atoms with van der Waals surface area (Å²) in [5, 5.41) is 10.3. The molecule has 2 aromatic carbocycles. The fourth-order valence-electron chi connectivity index (χ4n) is 2.13. The normalized spacial score (nSPS) is 10.8. The van der Waals surface area contributed by atoms with Crippen molar-refractivity contribution in [2.45, 2.75) is 0 Å². The maximum absolute atomic E-state index is 13.0. The van der Waals surface area contributed by atoms with Crippen LogP contribution in [0.1, 0.15) is 0 Å². The number of halogens is 1. The minimum Gasteiger partial charge on any atom is -0.504 e. The van der Waals surface area contributed by atoms with E-state index in [4.69, 9.17) is 9.15 Å². The molecule has 3 aromatic rings. The Balaban J connectivity index is 2.24. The van der Waals surface area contributed by atoms with Gasteiger partial charge in [0.25, 0.3) is 0 Å². The Bertz CT molecular complexity index is 866. The zero-order valence-corrected chi connectivity index (χ0v) is 11.1. The maximum Gasteiger partial charge on any atom is 0.344 e. The molecule has 1 heterocycles. The molecule has 4 nitrogen and oxygen atoms in total. The van der Waals surface area contributed by atoms with Crippen LogP contribution in [0.25, 0.3) is 22.1 Å². The number of rotatable bonds is 2. The van der Waals surface area contributed by atoms with Crippen LogP contribution in [0.3, 0.4) is 0 Å². The lowest BCUT2D eigenvalue weighted by molar-refractivity contribution is 0.373. The Morgan fingerprint density at radius 3 is 2.52 bits per heavy atom. The molecule has 0 aliphatic rings. The van der Waals surface area contributed by atoms with E-state index < -0.39 is 5.63 Å². The van der Waals surface area contributed by atoms with Gasteiger partial charge in [0.2, 0.25) is 0 Å². The van der Waals surface area contributed by atoms with Gasteiger partial charge in [-0.15, -0.1) is 0 Å². The van der Waals surface area contributed by atoms with E-state index >= 15 is 0 Å². The van der Waals surface area contributed by atoms with Gasteiger partial charge >= 0.3 is 5.63 Å².